The molecule has 2 fully saturated rings. The largest absolute Gasteiger partial charge is 0.508 e. The van der Waals surface area contributed by atoms with Crippen molar-refractivity contribution < 1.29 is 29.0 Å². The Labute approximate surface area is 225 Å². The van der Waals surface area contributed by atoms with Crippen LogP contribution in [0.25, 0.3) is 10.4 Å². The number of hydrogen-bond donors (Lipinski definition) is 4. The molecule has 1 saturated heterocycles. The molecule has 1 saturated carbocycles. The Bertz CT molecular complexity index is 1240. The monoisotopic (exact) mass is 546 g/mol. The molecule has 1 aliphatic carbocycles. The van der Waals surface area contributed by atoms with E-state index in [1.54, 1.807) is 45.3 Å². The van der Waals surface area contributed by atoms with Crippen molar-refractivity contribution in [2.45, 2.75) is 83.8 Å². The minimum absolute atomic E-state index is 0.0122. The maximum atomic E-state index is 14.3. The number of nitrogens with one attached hydrogen (secondary N) is 2. The predicted octanol–water partition coefficient (Wildman–Crippen LogP) is 3.00. The van der Waals surface area contributed by atoms with Crippen molar-refractivity contribution in [3.05, 3.63) is 35.0 Å². The molecule has 2 aromatic rings. The van der Waals surface area contributed by atoms with E-state index >= 15 is 0 Å². The van der Waals surface area contributed by atoms with E-state index in [2.05, 4.69) is 15.6 Å². The van der Waals surface area contributed by atoms with Gasteiger partial charge in [-0.3, -0.25) is 14.4 Å². The lowest BCUT2D eigenvalue weighted by Crippen LogP contribution is -2.59. The average molecular weight is 547 g/mol. The number of halogens is 1. The zero-order valence-corrected chi connectivity index (χ0v) is 23.1. The summed E-state index contributed by atoms with van der Waals surface area (Å²) in [4.78, 5) is 45.7. The van der Waals surface area contributed by atoms with E-state index in [9.17, 15) is 29.0 Å². The van der Waals surface area contributed by atoms with Crippen LogP contribution in [0.2, 0.25) is 0 Å². The maximum absolute atomic E-state index is 14.3. The number of benzene rings is 1. The molecule has 4 N–H and O–H groups in total. The Balaban J connectivity index is 1.49. The first-order valence-corrected chi connectivity index (χ1v) is 13.6. The van der Waals surface area contributed by atoms with E-state index < -0.39 is 53.0 Å². The molecule has 0 radical (unpaired) electrons. The summed E-state index contributed by atoms with van der Waals surface area (Å²) in [6.45, 7) is 8.77. The average Bonchev–Trinajstić information content (AvgIpc) is 3.24. The minimum atomic E-state index is -1.95. The van der Waals surface area contributed by atoms with Crippen molar-refractivity contribution in [1.29, 1.82) is 0 Å². The molecule has 3 amide bonds. The Kier molecular flexibility index (Phi) is 7.55. The van der Waals surface area contributed by atoms with Gasteiger partial charge in [-0.2, -0.15) is 0 Å². The summed E-state index contributed by atoms with van der Waals surface area (Å²) in [6, 6.07) is 2.56. The first kappa shape index (κ1) is 28.0. The number of alkyl halides is 1. The lowest BCUT2D eigenvalue weighted by molar-refractivity contribution is -0.145. The summed E-state index contributed by atoms with van der Waals surface area (Å²) < 4.78 is 14.3. The van der Waals surface area contributed by atoms with Crippen LogP contribution < -0.4 is 10.6 Å². The molecule has 38 heavy (non-hydrogen) atoms. The van der Waals surface area contributed by atoms with Gasteiger partial charge in [0.05, 0.1) is 28.2 Å². The number of aromatic nitrogens is 1. The summed E-state index contributed by atoms with van der Waals surface area (Å²) in [5.41, 5.74) is 1.20. The maximum Gasteiger partial charge on any atom is 0.258 e. The van der Waals surface area contributed by atoms with E-state index in [0.29, 0.717) is 5.56 Å². The summed E-state index contributed by atoms with van der Waals surface area (Å²) in [5, 5.41) is 26.4. The zero-order chi connectivity index (χ0) is 28.0. The van der Waals surface area contributed by atoms with Crippen molar-refractivity contribution in [3.63, 3.8) is 0 Å². The highest BCUT2D eigenvalue weighted by molar-refractivity contribution is 7.13. The lowest BCUT2D eigenvalue weighted by Gasteiger charge is -2.35. The fraction of sp³-hybridized carbons (Fsp3) is 0.556. The Morgan fingerprint density at radius 1 is 1.24 bits per heavy atom. The smallest absolute Gasteiger partial charge is 0.258 e. The number of aliphatic hydroxyl groups excluding tert-OH is 1. The Morgan fingerprint density at radius 2 is 1.92 bits per heavy atom. The number of aromatic hydroxyl groups is 1. The number of aliphatic hydroxyl groups is 1. The molecule has 1 aliphatic heterocycles. The highest BCUT2D eigenvalue weighted by atomic mass is 32.1. The Morgan fingerprint density at radius 3 is 2.47 bits per heavy atom. The number of β-amino-alcohol motifs (C(OH)–C–C–N with tert-alkyl or cyclic N) is 1. The summed E-state index contributed by atoms with van der Waals surface area (Å²) in [5.74, 6) is -1.86. The zero-order valence-electron chi connectivity index (χ0n) is 22.2. The molecular weight excluding hydrogens is 511 g/mol. The second-order valence-electron chi connectivity index (χ2n) is 11.4. The quantitative estimate of drug-likeness (QED) is 0.422. The molecule has 0 spiro atoms. The van der Waals surface area contributed by atoms with Gasteiger partial charge in [-0.15, -0.1) is 11.3 Å². The Hall–Kier alpha value is -3.05. The molecule has 1 aromatic carbocycles. The molecular formula is C27H35FN4O5S. The number of phenolic OH excluding ortho intramolecular Hbond substituents is 1. The second-order valence-corrected chi connectivity index (χ2v) is 12.3. The van der Waals surface area contributed by atoms with Gasteiger partial charge < -0.3 is 25.7 Å². The minimum Gasteiger partial charge on any atom is -0.508 e. The van der Waals surface area contributed by atoms with Gasteiger partial charge in [0.15, 0.2) is 5.67 Å². The highest BCUT2D eigenvalue weighted by Crippen LogP contribution is 2.40. The molecule has 206 valence electrons. The van der Waals surface area contributed by atoms with Crippen LogP contribution in [-0.4, -0.2) is 68.2 Å². The van der Waals surface area contributed by atoms with Crippen LogP contribution >= 0.6 is 11.3 Å². The third-order valence-electron chi connectivity index (χ3n) is 7.21. The van der Waals surface area contributed by atoms with Crippen molar-refractivity contribution in [3.8, 4) is 16.2 Å². The number of amides is 3. The third-order valence-corrected chi connectivity index (χ3v) is 8.19. The standard InChI is InChI=1S/C27H35FN4O5S/c1-14(18-7-6-16(10-20(18)34)21-15(2)29-13-38-21)30-23(35)19-11-17(33)12-32(19)24(36)22(26(3,4)5)31-25(37)27(28)8-9-27/h6-7,10,13-14,17,19,22,33-34H,8-9,11-12H2,1-5H3,(H,30,35)(H,31,37). The number of likely N-dealkylation sites (tertiary alicyclic amines) is 1. The van der Waals surface area contributed by atoms with Gasteiger partial charge in [0.2, 0.25) is 11.8 Å². The normalized spacial score (nSPS) is 22.0. The number of carbonyl (C=O) groups excluding carboxylic acids is 3. The number of aryl methyl sites for hydroxylation is 1. The van der Waals surface area contributed by atoms with Crippen molar-refractivity contribution >= 4 is 29.1 Å². The van der Waals surface area contributed by atoms with Gasteiger partial charge >= 0.3 is 0 Å². The van der Waals surface area contributed by atoms with E-state index in [1.165, 1.54) is 16.2 Å². The van der Waals surface area contributed by atoms with Crippen LogP contribution in [0, 0.1) is 12.3 Å². The number of thiazole rings is 1. The first-order valence-electron chi connectivity index (χ1n) is 12.7. The fourth-order valence-electron chi connectivity index (χ4n) is 4.74. The molecule has 4 atom stereocenters. The SMILES string of the molecule is Cc1ncsc1-c1ccc(C(C)NC(=O)C2CC(O)CN2C(=O)C(NC(=O)C2(F)CC2)C(C)(C)C)c(O)c1. The van der Waals surface area contributed by atoms with Gasteiger partial charge in [0.1, 0.15) is 17.8 Å². The van der Waals surface area contributed by atoms with Gasteiger partial charge in [-0.05, 0) is 43.7 Å². The van der Waals surface area contributed by atoms with E-state index in [-0.39, 0.29) is 31.6 Å². The van der Waals surface area contributed by atoms with Crippen LogP contribution in [0.3, 0.4) is 0 Å². The van der Waals surface area contributed by atoms with Gasteiger partial charge in [-0.1, -0.05) is 32.9 Å². The van der Waals surface area contributed by atoms with Crippen molar-refractivity contribution in [2.24, 2.45) is 5.41 Å². The predicted molar refractivity (Wildman–Crippen MR) is 141 cm³/mol. The third kappa shape index (κ3) is 5.68. The van der Waals surface area contributed by atoms with Crippen molar-refractivity contribution in [1.82, 2.24) is 20.5 Å². The molecule has 0 bridgehead atoms. The molecule has 2 aliphatic rings. The summed E-state index contributed by atoms with van der Waals surface area (Å²) in [6.07, 6.45) is -0.662. The number of nitrogens with zero attached hydrogens (tertiary/aromatic N) is 2. The summed E-state index contributed by atoms with van der Waals surface area (Å²) >= 11 is 1.47. The molecule has 9 nitrogen and oxygen atoms in total. The molecule has 1 aromatic heterocycles. The van der Waals surface area contributed by atoms with E-state index in [4.69, 9.17) is 0 Å². The molecule has 4 rings (SSSR count). The van der Waals surface area contributed by atoms with Crippen LogP contribution in [0.1, 0.15) is 64.3 Å². The number of hydrogen-bond acceptors (Lipinski definition) is 7. The highest BCUT2D eigenvalue weighted by Gasteiger charge is 2.53. The molecule has 11 heteroatoms. The number of phenols is 1. The number of rotatable bonds is 7. The van der Waals surface area contributed by atoms with Crippen molar-refractivity contribution in [2.75, 3.05) is 6.54 Å². The lowest BCUT2D eigenvalue weighted by atomic mass is 9.85. The topological polar surface area (TPSA) is 132 Å². The molecule has 4 unspecified atom stereocenters. The van der Waals surface area contributed by atoms with Gasteiger partial charge in [0.25, 0.3) is 5.91 Å². The van der Waals surface area contributed by atoms with Crippen LogP contribution in [-0.2, 0) is 14.4 Å². The second kappa shape index (κ2) is 10.3. The van der Waals surface area contributed by atoms with Gasteiger partial charge in [0, 0.05) is 18.5 Å². The van der Waals surface area contributed by atoms with E-state index in [0.717, 1.165) is 16.1 Å². The number of carbonyl (C=O) groups is 3. The summed E-state index contributed by atoms with van der Waals surface area (Å²) in [7, 11) is 0. The van der Waals surface area contributed by atoms with Crippen LogP contribution in [0.5, 0.6) is 5.75 Å². The molecule has 2 heterocycles. The fourth-order valence-corrected chi connectivity index (χ4v) is 5.54. The van der Waals surface area contributed by atoms with E-state index in [1.807, 2.05) is 13.0 Å². The van der Waals surface area contributed by atoms with Crippen LogP contribution in [0.15, 0.2) is 23.7 Å². The van der Waals surface area contributed by atoms with Gasteiger partial charge in [-0.25, -0.2) is 9.37 Å². The van der Waals surface area contributed by atoms with Crippen LogP contribution in [0.4, 0.5) is 4.39 Å². The first-order chi connectivity index (χ1) is 17.7.